The third-order valence-corrected chi connectivity index (χ3v) is 3.74. The summed E-state index contributed by atoms with van der Waals surface area (Å²) in [6, 6.07) is -1.12. The van der Waals surface area contributed by atoms with Crippen molar-refractivity contribution in [3.8, 4) is 0 Å². The third kappa shape index (κ3) is 9.56. The Morgan fingerprint density at radius 2 is 1.90 bits per heavy atom. The summed E-state index contributed by atoms with van der Waals surface area (Å²) in [5.74, 6) is -1.68. The van der Waals surface area contributed by atoms with Crippen LogP contribution in [0.3, 0.4) is 0 Å². The highest BCUT2D eigenvalue weighted by molar-refractivity contribution is 6.40. The quantitative estimate of drug-likeness (QED) is 0.312. The largest absolute Gasteiger partial charge is 0.439 e. The van der Waals surface area contributed by atoms with Crippen molar-refractivity contribution in [3.63, 3.8) is 0 Å². The fraction of sp³-hybridized carbons (Fsp3) is 0.750. The summed E-state index contributed by atoms with van der Waals surface area (Å²) in [6.07, 6.45) is -4.95. The van der Waals surface area contributed by atoms with Gasteiger partial charge in [0.05, 0.1) is 19.3 Å². The number of rotatable bonds is 9. The van der Waals surface area contributed by atoms with E-state index < -0.39 is 49.1 Å². The number of halogens is 3. The molecule has 13 heteroatoms. The number of nitrogens with one attached hydrogen (secondary N) is 2. The predicted octanol–water partition coefficient (Wildman–Crippen LogP) is 0.421. The second kappa shape index (κ2) is 12.2. The minimum Gasteiger partial charge on any atom is -0.439 e. The molecule has 0 saturated carbocycles. The van der Waals surface area contributed by atoms with Crippen LogP contribution in [-0.2, 0) is 23.9 Å². The molecule has 0 aromatic rings. The van der Waals surface area contributed by atoms with Crippen LogP contribution in [0.25, 0.3) is 0 Å². The van der Waals surface area contributed by atoms with Crippen LogP contribution in [-0.4, -0.2) is 87.3 Å². The van der Waals surface area contributed by atoms with E-state index in [9.17, 15) is 27.6 Å². The Hall–Kier alpha value is -2.41. The van der Waals surface area contributed by atoms with Crippen LogP contribution in [0.1, 0.15) is 19.8 Å². The summed E-state index contributed by atoms with van der Waals surface area (Å²) >= 11 is 0. The van der Waals surface area contributed by atoms with Crippen molar-refractivity contribution in [2.75, 3.05) is 46.6 Å². The van der Waals surface area contributed by atoms with Crippen LogP contribution in [0, 0.1) is 0 Å². The number of hydrogen-bond acceptors (Lipinski definition) is 7. The zero-order valence-corrected chi connectivity index (χ0v) is 16.2. The molecule has 1 rings (SSSR count). The maximum Gasteiger partial charge on any atom is 0.414 e. The van der Waals surface area contributed by atoms with Gasteiger partial charge in [-0.15, -0.1) is 0 Å². The minimum atomic E-state index is -4.59. The number of ether oxygens (including phenoxy) is 2. The number of aliphatic imine (C=N–C) groups is 1. The van der Waals surface area contributed by atoms with E-state index in [0.717, 1.165) is 0 Å². The molecule has 0 aromatic carbocycles. The maximum atomic E-state index is 12.4. The molecule has 1 fully saturated rings. The molecule has 0 bridgehead atoms. The Balaban J connectivity index is 2.55. The molecule has 1 aliphatic heterocycles. The first kappa shape index (κ1) is 24.6. The summed E-state index contributed by atoms with van der Waals surface area (Å²) in [5.41, 5.74) is 1.85. The highest BCUT2D eigenvalue weighted by atomic mass is 19.4. The van der Waals surface area contributed by atoms with Crippen molar-refractivity contribution in [3.05, 3.63) is 0 Å². The summed E-state index contributed by atoms with van der Waals surface area (Å²) in [6.45, 7) is 1.17. The fourth-order valence-corrected chi connectivity index (χ4v) is 2.33. The molecule has 1 saturated heterocycles. The molecule has 10 nitrogen and oxygen atoms in total. The number of alkyl carbamates (subject to hydrolysis) is 1. The fourth-order valence-electron chi connectivity index (χ4n) is 2.33. The lowest BCUT2D eigenvalue weighted by Crippen LogP contribution is -2.49. The molecule has 1 unspecified atom stereocenters. The van der Waals surface area contributed by atoms with Gasteiger partial charge < -0.3 is 19.7 Å². The van der Waals surface area contributed by atoms with Gasteiger partial charge in [0.15, 0.2) is 19.0 Å². The summed E-state index contributed by atoms with van der Waals surface area (Å²) in [4.78, 5) is 45.6. The van der Waals surface area contributed by atoms with Crippen LogP contribution in [0.5, 0.6) is 0 Å². The maximum absolute atomic E-state index is 12.4. The molecule has 1 heterocycles. The molecule has 0 aromatic heterocycles. The predicted molar refractivity (Wildman–Crippen MR) is 94.1 cm³/mol. The average Bonchev–Trinajstić information content (AvgIpc) is 2.68. The number of morpholine rings is 1. The van der Waals surface area contributed by atoms with Crippen molar-refractivity contribution >= 4 is 23.6 Å². The minimum absolute atomic E-state index is 0.172. The van der Waals surface area contributed by atoms with E-state index in [1.807, 2.05) is 5.48 Å². The Kier molecular flexibility index (Phi) is 10.4. The first-order chi connectivity index (χ1) is 13.7. The molecular weight excluding hydrogens is 401 g/mol. The van der Waals surface area contributed by atoms with Crippen LogP contribution in [0.15, 0.2) is 4.99 Å². The van der Waals surface area contributed by atoms with E-state index in [0.29, 0.717) is 32.7 Å². The van der Waals surface area contributed by atoms with Crippen LogP contribution in [0.2, 0.25) is 0 Å². The molecule has 2 N–H and O–H groups in total. The van der Waals surface area contributed by atoms with Gasteiger partial charge in [0.2, 0.25) is 5.78 Å². The van der Waals surface area contributed by atoms with Crippen LogP contribution in [0.4, 0.5) is 18.0 Å². The summed E-state index contributed by atoms with van der Waals surface area (Å²) < 4.78 is 46.4. The van der Waals surface area contributed by atoms with Gasteiger partial charge in [0.1, 0.15) is 0 Å². The van der Waals surface area contributed by atoms with E-state index in [4.69, 9.17) is 9.47 Å². The second-order valence-corrected chi connectivity index (χ2v) is 6.00. The molecule has 29 heavy (non-hydrogen) atoms. The van der Waals surface area contributed by atoms with E-state index in [-0.39, 0.29) is 6.42 Å². The molecule has 2 amide bonds. The normalized spacial score (nSPS) is 16.2. The van der Waals surface area contributed by atoms with Gasteiger partial charge in [-0.05, 0) is 6.42 Å². The number of amides is 2. The Morgan fingerprint density at radius 1 is 1.24 bits per heavy atom. The number of amidine groups is 1. The molecule has 0 aliphatic carbocycles. The molecule has 0 spiro atoms. The number of carbonyl (C=O) groups excluding carboxylic acids is 3. The smallest absolute Gasteiger partial charge is 0.414 e. The molecular formula is C16H25F3N4O6. The summed E-state index contributed by atoms with van der Waals surface area (Å²) in [5, 5.41) is 2.29. The first-order valence-corrected chi connectivity index (χ1v) is 8.92. The van der Waals surface area contributed by atoms with Crippen molar-refractivity contribution in [1.82, 2.24) is 15.7 Å². The number of hydrogen-bond donors (Lipinski definition) is 2. The summed E-state index contributed by atoms with van der Waals surface area (Å²) in [7, 11) is 1.18. The van der Waals surface area contributed by atoms with E-state index >= 15 is 0 Å². The molecule has 1 aliphatic rings. The van der Waals surface area contributed by atoms with Gasteiger partial charge >= 0.3 is 12.3 Å². The van der Waals surface area contributed by atoms with Crippen LogP contribution < -0.4 is 10.8 Å². The van der Waals surface area contributed by atoms with Gasteiger partial charge in [0.25, 0.3) is 5.91 Å². The van der Waals surface area contributed by atoms with E-state index in [1.165, 1.54) is 11.9 Å². The number of nitrogens with zero attached hydrogens (tertiary/aromatic N) is 2. The van der Waals surface area contributed by atoms with Gasteiger partial charge in [-0.3, -0.25) is 19.4 Å². The molecule has 1 atom stereocenters. The molecule has 166 valence electrons. The monoisotopic (exact) mass is 426 g/mol. The van der Waals surface area contributed by atoms with Gasteiger partial charge in [-0.1, -0.05) is 13.3 Å². The van der Waals surface area contributed by atoms with Crippen molar-refractivity contribution < 1.29 is 41.9 Å². The van der Waals surface area contributed by atoms with Crippen LogP contribution >= 0.6 is 0 Å². The van der Waals surface area contributed by atoms with Crippen molar-refractivity contribution in [1.29, 1.82) is 0 Å². The van der Waals surface area contributed by atoms with Gasteiger partial charge in [-0.2, -0.15) is 13.2 Å². The topological polar surface area (TPSA) is 119 Å². The van der Waals surface area contributed by atoms with Gasteiger partial charge in [0, 0.05) is 20.1 Å². The number of hydroxylamine groups is 1. The Bertz CT molecular complexity index is 594. The van der Waals surface area contributed by atoms with E-state index in [1.54, 1.807) is 6.92 Å². The molecule has 0 radical (unpaired) electrons. The lowest BCUT2D eigenvalue weighted by Gasteiger charge is -2.26. The third-order valence-electron chi connectivity index (χ3n) is 3.74. The standard InChI is InChI=1S/C16H25F3N4O6/c1-3-4-11(13(25)14(20-2)22-29-10-16(17,18)19)21-15(26)28-9-12(24)23-5-7-27-8-6-23/h11H,3-10H2,1-2H3,(H,20,22)(H,21,26). The first-order valence-electron chi connectivity index (χ1n) is 8.92. The number of carbonyl (C=O) groups is 3. The number of ketones is 1. The average molecular weight is 426 g/mol. The van der Waals surface area contributed by atoms with E-state index in [2.05, 4.69) is 15.1 Å². The highest BCUT2D eigenvalue weighted by Crippen LogP contribution is 2.13. The SMILES string of the molecule is CCCC(NC(=O)OCC(=O)N1CCOCC1)C(=O)C(=NC)NOCC(F)(F)F. The van der Waals surface area contributed by atoms with Gasteiger partial charge in [-0.25, -0.2) is 10.3 Å². The second-order valence-electron chi connectivity index (χ2n) is 6.00. The lowest BCUT2D eigenvalue weighted by atomic mass is 10.1. The number of Topliss-reactive ketones (excluding diaryl/α,β-unsaturated/α-hetero) is 1. The van der Waals surface area contributed by atoms with Crippen molar-refractivity contribution in [2.24, 2.45) is 4.99 Å². The zero-order valence-electron chi connectivity index (χ0n) is 16.2. The van der Waals surface area contributed by atoms with Crippen molar-refractivity contribution in [2.45, 2.75) is 32.0 Å². The Morgan fingerprint density at radius 3 is 2.45 bits per heavy atom. The Labute approximate surface area is 165 Å². The highest BCUT2D eigenvalue weighted by Gasteiger charge is 2.30. The lowest BCUT2D eigenvalue weighted by molar-refractivity contribution is -0.183. The number of alkyl halides is 3. The zero-order chi connectivity index (χ0) is 21.9.